The van der Waals surface area contributed by atoms with Gasteiger partial charge in [0.25, 0.3) is 0 Å². The zero-order valence-corrected chi connectivity index (χ0v) is 41.2. The molecule has 338 valence electrons. The number of aromatic nitrogens is 2. The Morgan fingerprint density at radius 3 is 1.77 bits per heavy atom. The summed E-state index contributed by atoms with van der Waals surface area (Å²) >= 11 is 0. The highest BCUT2D eigenvalue weighted by atomic mass is 16.5. The molecule has 0 aliphatic carbocycles. The normalized spacial score (nSPS) is 13.4. The number of pyridine rings is 1. The largest absolute Gasteiger partial charge is 0.457 e. The highest BCUT2D eigenvalue weighted by Crippen LogP contribution is 2.47. The summed E-state index contributed by atoms with van der Waals surface area (Å²) in [6.45, 7) is 30.3. The minimum atomic E-state index is -0.114. The first kappa shape index (κ1) is 44.7. The molecule has 0 saturated carbocycles. The van der Waals surface area contributed by atoms with Crippen LogP contribution >= 0.6 is 0 Å². The van der Waals surface area contributed by atoms with E-state index >= 15 is 0 Å². The molecule has 66 heavy (non-hydrogen) atoms. The Bertz CT molecular complexity index is 3070. The maximum atomic E-state index is 6.99. The Morgan fingerprint density at radius 1 is 0.500 bits per heavy atom. The quantitative estimate of drug-likeness (QED) is 0.145. The molecular weight excluding hydrogens is 809 g/mol. The second kappa shape index (κ2) is 16.7. The van der Waals surface area contributed by atoms with E-state index in [0.717, 1.165) is 56.3 Å². The van der Waals surface area contributed by atoms with Crippen LogP contribution in [0.3, 0.4) is 0 Å². The fourth-order valence-corrected chi connectivity index (χ4v) is 9.21. The molecule has 1 aliphatic heterocycles. The standard InChI is InChI=1S/C60H66N4O2/c1-38(2)40-29-50(39(3)4)57(51(30-40)60(11,12)13)66-47-27-28-61-56(36-47)64-52-22-15-14-21-48(52)49-26-25-46(35-55(49)64)65-45-20-18-19-43(34-45)62-37-63(54-24-17-16-23-53(54)62)44-32-41(58(5,6)7)31-42(33-44)59(8,9)10/h14-36,38-39H,37H2,1-13H3. The van der Waals surface area contributed by atoms with Gasteiger partial charge in [0.05, 0.1) is 22.4 Å². The van der Waals surface area contributed by atoms with Crippen molar-refractivity contribution < 1.29 is 9.47 Å². The highest BCUT2D eigenvalue weighted by Gasteiger charge is 2.31. The van der Waals surface area contributed by atoms with Crippen LogP contribution in [-0.2, 0) is 16.2 Å². The molecule has 0 amide bonds. The van der Waals surface area contributed by atoms with E-state index in [-0.39, 0.29) is 22.2 Å². The molecule has 9 rings (SSSR count). The summed E-state index contributed by atoms with van der Waals surface area (Å²) in [5, 5.41) is 2.27. The smallest absolute Gasteiger partial charge is 0.141 e. The van der Waals surface area contributed by atoms with Gasteiger partial charge in [0.15, 0.2) is 0 Å². The van der Waals surface area contributed by atoms with Crippen LogP contribution in [0.25, 0.3) is 27.6 Å². The average molecular weight is 875 g/mol. The topological polar surface area (TPSA) is 42.8 Å². The monoisotopic (exact) mass is 875 g/mol. The summed E-state index contributed by atoms with van der Waals surface area (Å²) in [7, 11) is 0. The Balaban J connectivity index is 1.06. The van der Waals surface area contributed by atoms with Crippen molar-refractivity contribution >= 4 is 44.6 Å². The molecule has 0 bridgehead atoms. The van der Waals surface area contributed by atoms with Gasteiger partial charge >= 0.3 is 0 Å². The highest BCUT2D eigenvalue weighted by molar-refractivity contribution is 6.09. The van der Waals surface area contributed by atoms with Gasteiger partial charge in [-0.1, -0.05) is 145 Å². The van der Waals surface area contributed by atoms with Gasteiger partial charge in [-0.15, -0.1) is 0 Å². The predicted octanol–water partition coefficient (Wildman–Crippen LogP) is 17.1. The number of ether oxygens (including phenoxy) is 2. The number of hydrogen-bond acceptors (Lipinski definition) is 5. The fourth-order valence-electron chi connectivity index (χ4n) is 9.21. The summed E-state index contributed by atoms with van der Waals surface area (Å²) in [6.07, 6.45) is 1.85. The van der Waals surface area contributed by atoms with Crippen LogP contribution in [0.1, 0.15) is 130 Å². The molecule has 6 nitrogen and oxygen atoms in total. The van der Waals surface area contributed by atoms with Crippen molar-refractivity contribution in [2.24, 2.45) is 0 Å². The average Bonchev–Trinajstić information content (AvgIpc) is 3.81. The molecule has 0 saturated heterocycles. The van der Waals surface area contributed by atoms with Crippen molar-refractivity contribution in [3.05, 3.63) is 167 Å². The number of rotatable bonds is 9. The Kier molecular flexibility index (Phi) is 11.3. The molecular formula is C60H66N4O2. The van der Waals surface area contributed by atoms with Crippen molar-refractivity contribution in [3.8, 4) is 28.8 Å². The number of para-hydroxylation sites is 3. The van der Waals surface area contributed by atoms with Gasteiger partial charge in [-0.05, 0) is 111 Å². The molecule has 0 fully saturated rings. The van der Waals surface area contributed by atoms with E-state index in [1.54, 1.807) is 0 Å². The SMILES string of the molecule is CC(C)c1cc(C(C)C)c(Oc2ccnc(-n3c4ccccc4c4ccc(Oc5cccc(N6CN(c7cc(C(C)(C)C)cc(C(C)(C)C)c7)c7ccccc76)c5)cc43)c2)c(C(C)(C)C)c1. The summed E-state index contributed by atoms with van der Waals surface area (Å²) in [5.41, 5.74) is 13.1. The summed E-state index contributed by atoms with van der Waals surface area (Å²) in [5.74, 6) is 4.68. The van der Waals surface area contributed by atoms with E-state index in [0.29, 0.717) is 12.6 Å². The van der Waals surface area contributed by atoms with E-state index in [1.807, 2.05) is 18.3 Å². The van der Waals surface area contributed by atoms with Gasteiger partial charge in [0.1, 0.15) is 35.5 Å². The molecule has 2 aromatic heterocycles. The van der Waals surface area contributed by atoms with Crippen molar-refractivity contribution in [1.82, 2.24) is 9.55 Å². The molecule has 0 atom stereocenters. The molecule has 1 aliphatic rings. The Morgan fingerprint density at radius 2 is 1.12 bits per heavy atom. The van der Waals surface area contributed by atoms with Crippen LogP contribution in [0.4, 0.5) is 22.7 Å². The fraction of sp³-hybridized carbons (Fsp3) is 0.317. The maximum Gasteiger partial charge on any atom is 0.141 e. The van der Waals surface area contributed by atoms with Crippen molar-refractivity contribution in [2.45, 2.75) is 118 Å². The van der Waals surface area contributed by atoms with Crippen LogP contribution in [0, 0.1) is 0 Å². The number of fused-ring (bicyclic) bond motifs is 4. The number of anilines is 4. The molecule has 6 heteroatoms. The molecule has 6 aromatic carbocycles. The van der Waals surface area contributed by atoms with E-state index in [2.05, 4.69) is 226 Å². The third-order valence-electron chi connectivity index (χ3n) is 13.1. The van der Waals surface area contributed by atoms with Gasteiger partial charge in [-0.25, -0.2) is 4.98 Å². The maximum absolute atomic E-state index is 6.99. The summed E-state index contributed by atoms with van der Waals surface area (Å²) < 4.78 is 16.0. The lowest BCUT2D eigenvalue weighted by Gasteiger charge is -2.29. The second-order valence-electron chi connectivity index (χ2n) is 21.9. The summed E-state index contributed by atoms with van der Waals surface area (Å²) in [6, 6.07) is 47.9. The van der Waals surface area contributed by atoms with Crippen molar-refractivity contribution in [2.75, 3.05) is 16.5 Å². The zero-order chi connectivity index (χ0) is 46.9. The van der Waals surface area contributed by atoms with Gasteiger partial charge in [0.2, 0.25) is 0 Å². The minimum absolute atomic E-state index is 0.0155. The van der Waals surface area contributed by atoms with E-state index in [9.17, 15) is 0 Å². The molecule has 0 unspecified atom stereocenters. The van der Waals surface area contributed by atoms with Crippen molar-refractivity contribution in [1.29, 1.82) is 0 Å². The van der Waals surface area contributed by atoms with Gasteiger partial charge in [0, 0.05) is 52.1 Å². The Labute approximate surface area is 392 Å². The summed E-state index contributed by atoms with van der Waals surface area (Å²) in [4.78, 5) is 9.81. The number of hydrogen-bond donors (Lipinski definition) is 0. The number of nitrogens with zero attached hydrogens (tertiary/aromatic N) is 4. The first-order valence-electron chi connectivity index (χ1n) is 23.7. The number of benzene rings is 6. The second-order valence-corrected chi connectivity index (χ2v) is 21.9. The lowest BCUT2D eigenvalue weighted by Crippen LogP contribution is -2.25. The minimum Gasteiger partial charge on any atom is -0.457 e. The molecule has 3 heterocycles. The van der Waals surface area contributed by atoms with Gasteiger partial charge in [-0.2, -0.15) is 0 Å². The third-order valence-corrected chi connectivity index (χ3v) is 13.1. The lowest BCUT2D eigenvalue weighted by atomic mass is 9.80. The van der Waals surface area contributed by atoms with Gasteiger partial charge < -0.3 is 19.3 Å². The third kappa shape index (κ3) is 8.54. The van der Waals surface area contributed by atoms with Crippen LogP contribution in [0.2, 0.25) is 0 Å². The van der Waals surface area contributed by atoms with Crippen LogP contribution in [0.15, 0.2) is 140 Å². The van der Waals surface area contributed by atoms with Gasteiger partial charge in [-0.3, -0.25) is 4.57 Å². The van der Waals surface area contributed by atoms with Crippen LogP contribution in [0.5, 0.6) is 23.0 Å². The lowest BCUT2D eigenvalue weighted by molar-refractivity contribution is 0.445. The first-order valence-corrected chi connectivity index (χ1v) is 23.7. The Hall–Kier alpha value is -6.53. The molecule has 0 radical (unpaired) electrons. The molecule has 0 spiro atoms. The van der Waals surface area contributed by atoms with E-state index in [1.165, 1.54) is 44.9 Å². The van der Waals surface area contributed by atoms with Crippen LogP contribution in [-0.4, -0.2) is 16.2 Å². The zero-order valence-electron chi connectivity index (χ0n) is 41.2. The molecule has 0 N–H and O–H groups in total. The van der Waals surface area contributed by atoms with E-state index < -0.39 is 0 Å². The molecule has 8 aromatic rings. The predicted molar refractivity (Wildman–Crippen MR) is 278 cm³/mol. The first-order chi connectivity index (χ1) is 31.2. The van der Waals surface area contributed by atoms with Crippen LogP contribution < -0.4 is 19.3 Å². The van der Waals surface area contributed by atoms with E-state index in [4.69, 9.17) is 14.5 Å². The van der Waals surface area contributed by atoms with Crippen molar-refractivity contribution in [3.63, 3.8) is 0 Å².